The number of hydrogen-bond donors (Lipinski definition) is 1. The molecule has 0 bridgehead atoms. The van der Waals surface area contributed by atoms with Gasteiger partial charge < -0.3 is 5.11 Å². The van der Waals surface area contributed by atoms with Crippen molar-refractivity contribution >= 4 is 17.6 Å². The second-order valence-electron chi connectivity index (χ2n) is 3.91. The highest BCUT2D eigenvalue weighted by Gasteiger charge is 2.09. The lowest BCUT2D eigenvalue weighted by Crippen LogP contribution is -2.00. The van der Waals surface area contributed by atoms with Crippen LogP contribution in [0.3, 0.4) is 0 Å². The molecule has 2 aromatic rings. The van der Waals surface area contributed by atoms with Crippen molar-refractivity contribution in [3.8, 4) is 11.4 Å². The predicted octanol–water partition coefficient (Wildman–Crippen LogP) is 2.95. The lowest BCUT2D eigenvalue weighted by Gasteiger charge is -2.04. The van der Waals surface area contributed by atoms with E-state index in [9.17, 15) is 9.18 Å². The molecular weight excluding hydrogens is 271 g/mol. The van der Waals surface area contributed by atoms with Gasteiger partial charge in [-0.1, -0.05) is 23.7 Å². The zero-order valence-electron chi connectivity index (χ0n) is 9.81. The van der Waals surface area contributed by atoms with Crippen LogP contribution in [0.15, 0.2) is 30.5 Å². The Kier molecular flexibility index (Phi) is 4.06. The highest BCUT2D eigenvalue weighted by Crippen LogP contribution is 2.20. The molecule has 1 heterocycles. The molecular formula is C13H10ClFN2O2. The topological polar surface area (TPSA) is 63.1 Å². The van der Waals surface area contributed by atoms with E-state index in [1.165, 1.54) is 18.3 Å². The Bertz CT molecular complexity index is 619. The van der Waals surface area contributed by atoms with Gasteiger partial charge in [0.2, 0.25) is 0 Å². The minimum atomic E-state index is -0.912. The summed E-state index contributed by atoms with van der Waals surface area (Å²) in [5.74, 6) is -0.985. The number of carboxylic acids is 1. The summed E-state index contributed by atoms with van der Waals surface area (Å²) in [5, 5.41) is 8.79. The number of halogens is 2. The second kappa shape index (κ2) is 5.75. The first kappa shape index (κ1) is 13.4. The zero-order chi connectivity index (χ0) is 13.8. The minimum absolute atomic E-state index is 0.0393. The van der Waals surface area contributed by atoms with Gasteiger partial charge in [0, 0.05) is 23.7 Å². The fourth-order valence-electron chi connectivity index (χ4n) is 1.56. The minimum Gasteiger partial charge on any atom is -0.481 e. The molecule has 0 saturated heterocycles. The molecule has 1 N–H and O–H groups in total. The normalized spacial score (nSPS) is 10.4. The monoisotopic (exact) mass is 280 g/mol. The third-order valence-electron chi connectivity index (χ3n) is 2.50. The third kappa shape index (κ3) is 3.48. The first-order valence-electron chi connectivity index (χ1n) is 5.55. The van der Waals surface area contributed by atoms with E-state index >= 15 is 0 Å². The molecule has 0 spiro atoms. The number of hydrogen-bond acceptors (Lipinski definition) is 3. The number of rotatable bonds is 4. The standard InChI is InChI=1S/C13H10ClFN2O2/c14-12-9(4-5-11(18)19)7-16-13(17-12)8-2-1-3-10(15)6-8/h1-3,6-7H,4-5H2,(H,18,19). The van der Waals surface area contributed by atoms with Gasteiger partial charge >= 0.3 is 5.97 Å². The van der Waals surface area contributed by atoms with E-state index in [1.807, 2.05) is 0 Å². The van der Waals surface area contributed by atoms with Gasteiger partial charge in [0.15, 0.2) is 5.82 Å². The molecule has 19 heavy (non-hydrogen) atoms. The number of aliphatic carboxylic acids is 1. The van der Waals surface area contributed by atoms with Crippen LogP contribution in [0.25, 0.3) is 11.4 Å². The summed E-state index contributed by atoms with van der Waals surface area (Å²) < 4.78 is 13.1. The number of aromatic nitrogens is 2. The first-order valence-corrected chi connectivity index (χ1v) is 5.93. The molecule has 0 fully saturated rings. The van der Waals surface area contributed by atoms with Gasteiger partial charge in [-0.15, -0.1) is 0 Å². The molecule has 0 atom stereocenters. The maximum Gasteiger partial charge on any atom is 0.303 e. The van der Waals surface area contributed by atoms with Crippen LogP contribution in [0.4, 0.5) is 4.39 Å². The molecule has 0 saturated carbocycles. The summed E-state index contributed by atoms with van der Waals surface area (Å²) in [6.45, 7) is 0. The lowest BCUT2D eigenvalue weighted by atomic mass is 10.1. The van der Waals surface area contributed by atoms with E-state index in [-0.39, 0.29) is 23.8 Å². The Hall–Kier alpha value is -2.01. The Morgan fingerprint density at radius 1 is 1.42 bits per heavy atom. The maximum absolute atomic E-state index is 13.1. The molecule has 1 aromatic heterocycles. The first-order chi connectivity index (χ1) is 9.06. The Morgan fingerprint density at radius 3 is 2.84 bits per heavy atom. The Balaban J connectivity index is 2.26. The maximum atomic E-state index is 13.1. The number of benzene rings is 1. The van der Waals surface area contributed by atoms with Crippen molar-refractivity contribution in [2.24, 2.45) is 0 Å². The highest BCUT2D eigenvalue weighted by molar-refractivity contribution is 6.30. The molecule has 0 radical (unpaired) electrons. The van der Waals surface area contributed by atoms with Crippen molar-refractivity contribution in [1.29, 1.82) is 0 Å². The van der Waals surface area contributed by atoms with E-state index in [1.54, 1.807) is 12.1 Å². The van der Waals surface area contributed by atoms with Gasteiger partial charge in [0.25, 0.3) is 0 Å². The van der Waals surface area contributed by atoms with Crippen LogP contribution in [-0.2, 0) is 11.2 Å². The molecule has 98 valence electrons. The molecule has 0 amide bonds. The van der Waals surface area contributed by atoms with Crippen molar-refractivity contribution < 1.29 is 14.3 Å². The average Bonchev–Trinajstić information content (AvgIpc) is 2.37. The summed E-state index contributed by atoms with van der Waals surface area (Å²) in [6, 6.07) is 5.86. The predicted molar refractivity (Wildman–Crippen MR) is 68.4 cm³/mol. The van der Waals surface area contributed by atoms with Gasteiger partial charge in [0.05, 0.1) is 0 Å². The number of carbonyl (C=O) groups is 1. The molecule has 1 aromatic carbocycles. The van der Waals surface area contributed by atoms with Crippen molar-refractivity contribution in [1.82, 2.24) is 9.97 Å². The highest BCUT2D eigenvalue weighted by atomic mass is 35.5. The number of carboxylic acid groups (broad SMARTS) is 1. The van der Waals surface area contributed by atoms with Gasteiger partial charge in [-0.25, -0.2) is 14.4 Å². The van der Waals surface area contributed by atoms with Crippen molar-refractivity contribution in [3.05, 3.63) is 47.0 Å². The van der Waals surface area contributed by atoms with Crippen LogP contribution in [0.5, 0.6) is 0 Å². The van der Waals surface area contributed by atoms with E-state index in [2.05, 4.69) is 9.97 Å². The van der Waals surface area contributed by atoms with Crippen LogP contribution in [-0.4, -0.2) is 21.0 Å². The van der Waals surface area contributed by atoms with Crippen LogP contribution in [0.1, 0.15) is 12.0 Å². The van der Waals surface area contributed by atoms with Gasteiger partial charge in [0.1, 0.15) is 11.0 Å². The van der Waals surface area contributed by atoms with Crippen molar-refractivity contribution in [3.63, 3.8) is 0 Å². The van der Waals surface area contributed by atoms with Gasteiger partial charge in [-0.05, 0) is 18.6 Å². The molecule has 0 unspecified atom stereocenters. The van der Waals surface area contributed by atoms with Gasteiger partial charge in [-0.3, -0.25) is 4.79 Å². The summed E-state index contributed by atoms with van der Waals surface area (Å²) in [5.41, 5.74) is 1.08. The fraction of sp³-hybridized carbons (Fsp3) is 0.154. The van der Waals surface area contributed by atoms with Crippen LogP contribution in [0.2, 0.25) is 5.15 Å². The van der Waals surface area contributed by atoms with Crippen LogP contribution >= 0.6 is 11.6 Å². The van der Waals surface area contributed by atoms with E-state index in [4.69, 9.17) is 16.7 Å². The molecule has 0 aliphatic carbocycles. The summed E-state index contributed by atoms with van der Waals surface area (Å²) in [6.07, 6.45) is 1.69. The van der Waals surface area contributed by atoms with Gasteiger partial charge in [-0.2, -0.15) is 0 Å². The smallest absolute Gasteiger partial charge is 0.303 e. The zero-order valence-corrected chi connectivity index (χ0v) is 10.6. The largest absolute Gasteiger partial charge is 0.481 e. The summed E-state index contributed by atoms with van der Waals surface area (Å²) in [4.78, 5) is 18.6. The number of nitrogens with zero attached hydrogens (tertiary/aromatic N) is 2. The molecule has 2 rings (SSSR count). The summed E-state index contributed by atoms with van der Waals surface area (Å²) >= 11 is 5.96. The SMILES string of the molecule is O=C(O)CCc1cnc(-c2cccc(F)c2)nc1Cl. The molecule has 0 aliphatic rings. The second-order valence-corrected chi connectivity index (χ2v) is 4.27. The fourth-order valence-corrected chi connectivity index (χ4v) is 1.79. The van der Waals surface area contributed by atoms with Crippen LogP contribution < -0.4 is 0 Å². The number of aryl methyl sites for hydroxylation is 1. The molecule has 0 aliphatic heterocycles. The Labute approximate surface area is 113 Å². The van der Waals surface area contributed by atoms with E-state index < -0.39 is 5.97 Å². The Morgan fingerprint density at radius 2 is 2.21 bits per heavy atom. The van der Waals surface area contributed by atoms with Crippen molar-refractivity contribution in [2.75, 3.05) is 0 Å². The van der Waals surface area contributed by atoms with Crippen molar-refractivity contribution in [2.45, 2.75) is 12.8 Å². The molecule has 6 heteroatoms. The van der Waals surface area contributed by atoms with Crippen LogP contribution in [0, 0.1) is 5.82 Å². The van der Waals surface area contributed by atoms with E-state index in [0.29, 0.717) is 17.0 Å². The van der Waals surface area contributed by atoms with E-state index in [0.717, 1.165) is 0 Å². The summed E-state index contributed by atoms with van der Waals surface area (Å²) in [7, 11) is 0. The quantitative estimate of drug-likeness (QED) is 0.875. The third-order valence-corrected chi connectivity index (χ3v) is 2.83. The molecule has 4 nitrogen and oxygen atoms in total. The lowest BCUT2D eigenvalue weighted by molar-refractivity contribution is -0.136. The average molecular weight is 281 g/mol.